The van der Waals surface area contributed by atoms with E-state index >= 15 is 0 Å². The van der Waals surface area contributed by atoms with Gasteiger partial charge in [-0.3, -0.25) is 9.88 Å². The second-order valence-electron chi connectivity index (χ2n) is 6.10. The topological polar surface area (TPSA) is 42.4 Å². The number of carbonyl (C=O) groups excluding carboxylic acids is 1. The van der Waals surface area contributed by atoms with Gasteiger partial charge >= 0.3 is 6.09 Å². The maximum Gasteiger partial charge on any atom is 0.410 e. The number of nitrogens with zero attached hydrogens (tertiary/aromatic N) is 2. The molecule has 0 bridgehead atoms. The molecule has 4 rings (SSSR count). The lowest BCUT2D eigenvalue weighted by molar-refractivity contribution is 0.132. The molecule has 1 atom stereocenters. The molecule has 2 aromatic carbocycles. The van der Waals surface area contributed by atoms with Gasteiger partial charge in [0.2, 0.25) is 0 Å². The van der Waals surface area contributed by atoms with Gasteiger partial charge in [0.25, 0.3) is 0 Å². The van der Waals surface area contributed by atoms with E-state index in [4.69, 9.17) is 4.74 Å². The highest BCUT2D eigenvalue weighted by molar-refractivity contribution is 5.70. The van der Waals surface area contributed by atoms with Gasteiger partial charge in [-0.05, 0) is 28.3 Å². The molecule has 124 valence electrons. The minimum absolute atomic E-state index is 0.191. The Balaban J connectivity index is 1.45. The molecule has 1 aliphatic heterocycles. The SMILES string of the molecule is O=C1O[C@H](c2ccccc2)CN1Cc1ccc(-c2cccnc2)cc1. The third-order valence-electron chi connectivity index (χ3n) is 4.38. The second-order valence-corrected chi connectivity index (χ2v) is 6.10. The van der Waals surface area contributed by atoms with Crippen molar-refractivity contribution in [1.29, 1.82) is 0 Å². The standard InChI is InChI=1S/C21H18N2O2/c24-21-23(15-20(25-21)18-5-2-1-3-6-18)14-16-8-10-17(11-9-16)19-7-4-12-22-13-19/h1-13,20H,14-15H2/t20-/m0/s1. The number of cyclic esters (lactones) is 1. The summed E-state index contributed by atoms with van der Waals surface area (Å²) in [5.74, 6) is 0. The number of hydrogen-bond acceptors (Lipinski definition) is 3. The van der Waals surface area contributed by atoms with Crippen molar-refractivity contribution in [1.82, 2.24) is 9.88 Å². The first-order valence-electron chi connectivity index (χ1n) is 8.29. The smallest absolute Gasteiger partial charge is 0.410 e. The van der Waals surface area contributed by atoms with Crippen LogP contribution in [0.3, 0.4) is 0 Å². The highest BCUT2D eigenvalue weighted by Crippen LogP contribution is 2.27. The van der Waals surface area contributed by atoms with Gasteiger partial charge in [0.15, 0.2) is 0 Å². The molecule has 0 unspecified atom stereocenters. The Bertz CT molecular complexity index is 848. The number of amides is 1. The van der Waals surface area contributed by atoms with Gasteiger partial charge in [-0.25, -0.2) is 4.79 Å². The molecule has 3 aromatic rings. The fourth-order valence-corrected chi connectivity index (χ4v) is 3.03. The Morgan fingerprint density at radius 1 is 0.960 bits per heavy atom. The fourth-order valence-electron chi connectivity index (χ4n) is 3.03. The van der Waals surface area contributed by atoms with Crippen LogP contribution in [0.2, 0.25) is 0 Å². The highest BCUT2D eigenvalue weighted by Gasteiger charge is 2.32. The molecule has 1 aromatic heterocycles. The van der Waals surface area contributed by atoms with E-state index in [0.717, 1.165) is 22.3 Å². The van der Waals surface area contributed by atoms with Gasteiger partial charge in [-0.15, -0.1) is 0 Å². The maximum atomic E-state index is 12.1. The minimum Gasteiger partial charge on any atom is -0.439 e. The Hall–Kier alpha value is -3.14. The third kappa shape index (κ3) is 3.38. The Morgan fingerprint density at radius 3 is 2.48 bits per heavy atom. The zero-order valence-electron chi connectivity index (χ0n) is 13.7. The number of ether oxygens (including phenoxy) is 1. The van der Waals surface area contributed by atoms with Crippen LogP contribution in [0, 0.1) is 0 Å². The molecule has 25 heavy (non-hydrogen) atoms. The normalized spacial score (nSPS) is 16.7. The average molecular weight is 330 g/mol. The molecule has 0 spiro atoms. The molecule has 0 radical (unpaired) electrons. The van der Waals surface area contributed by atoms with Gasteiger partial charge in [-0.2, -0.15) is 0 Å². The van der Waals surface area contributed by atoms with Crippen molar-refractivity contribution in [2.75, 3.05) is 6.54 Å². The van der Waals surface area contributed by atoms with Crippen LogP contribution in [-0.4, -0.2) is 22.5 Å². The summed E-state index contributed by atoms with van der Waals surface area (Å²) in [7, 11) is 0. The summed E-state index contributed by atoms with van der Waals surface area (Å²) in [5, 5.41) is 0. The number of benzene rings is 2. The maximum absolute atomic E-state index is 12.1. The highest BCUT2D eigenvalue weighted by atomic mass is 16.6. The summed E-state index contributed by atoms with van der Waals surface area (Å²) in [5.41, 5.74) is 4.31. The van der Waals surface area contributed by atoms with Crippen molar-refractivity contribution in [3.05, 3.63) is 90.3 Å². The zero-order valence-corrected chi connectivity index (χ0v) is 13.7. The molecule has 1 amide bonds. The van der Waals surface area contributed by atoms with Crippen LogP contribution >= 0.6 is 0 Å². The van der Waals surface area contributed by atoms with Gasteiger partial charge in [0, 0.05) is 18.9 Å². The summed E-state index contributed by atoms with van der Waals surface area (Å²) in [4.78, 5) is 18.0. The molecule has 4 heteroatoms. The number of rotatable bonds is 4. The first kappa shape index (κ1) is 15.4. The van der Waals surface area contributed by atoms with Gasteiger partial charge in [0.05, 0.1) is 6.54 Å². The molecule has 0 saturated carbocycles. The average Bonchev–Trinajstić information content (AvgIpc) is 3.04. The zero-order chi connectivity index (χ0) is 17.1. The van der Waals surface area contributed by atoms with Crippen molar-refractivity contribution in [2.45, 2.75) is 12.6 Å². The molecule has 1 saturated heterocycles. The quantitative estimate of drug-likeness (QED) is 0.710. The Kier molecular flexibility index (Phi) is 4.17. The Labute approximate surface area is 146 Å². The summed E-state index contributed by atoms with van der Waals surface area (Å²) in [6, 6.07) is 22.0. The molecule has 1 fully saturated rings. The van der Waals surface area contributed by atoms with E-state index in [9.17, 15) is 4.79 Å². The summed E-state index contributed by atoms with van der Waals surface area (Å²) < 4.78 is 5.50. The van der Waals surface area contributed by atoms with E-state index in [1.807, 2.05) is 60.8 Å². The Morgan fingerprint density at radius 2 is 1.76 bits per heavy atom. The summed E-state index contributed by atoms with van der Waals surface area (Å²) in [6.45, 7) is 1.13. The van der Waals surface area contributed by atoms with E-state index in [1.165, 1.54) is 0 Å². The molecule has 4 nitrogen and oxygen atoms in total. The lowest BCUT2D eigenvalue weighted by atomic mass is 10.1. The predicted octanol–water partition coefficient (Wildman–Crippen LogP) is 4.44. The lowest BCUT2D eigenvalue weighted by Crippen LogP contribution is -2.23. The van der Waals surface area contributed by atoms with E-state index < -0.39 is 0 Å². The first-order chi connectivity index (χ1) is 12.3. The van der Waals surface area contributed by atoms with Crippen LogP contribution in [0.4, 0.5) is 4.79 Å². The van der Waals surface area contributed by atoms with Crippen molar-refractivity contribution < 1.29 is 9.53 Å². The third-order valence-corrected chi connectivity index (χ3v) is 4.38. The van der Waals surface area contributed by atoms with Crippen LogP contribution in [0.1, 0.15) is 17.2 Å². The number of hydrogen-bond donors (Lipinski definition) is 0. The monoisotopic (exact) mass is 330 g/mol. The van der Waals surface area contributed by atoms with Crippen molar-refractivity contribution in [3.63, 3.8) is 0 Å². The molecule has 2 heterocycles. The van der Waals surface area contributed by atoms with Crippen LogP contribution < -0.4 is 0 Å². The van der Waals surface area contributed by atoms with Crippen LogP contribution in [-0.2, 0) is 11.3 Å². The van der Waals surface area contributed by atoms with Crippen LogP contribution in [0.15, 0.2) is 79.1 Å². The molecule has 1 aliphatic rings. The number of carbonyl (C=O) groups is 1. The van der Waals surface area contributed by atoms with Gasteiger partial charge < -0.3 is 4.74 Å². The molecule has 0 N–H and O–H groups in total. The van der Waals surface area contributed by atoms with E-state index in [1.54, 1.807) is 11.1 Å². The largest absolute Gasteiger partial charge is 0.439 e. The number of pyridine rings is 1. The number of aromatic nitrogens is 1. The molecular formula is C21H18N2O2. The second kappa shape index (κ2) is 6.77. The van der Waals surface area contributed by atoms with Crippen LogP contribution in [0.5, 0.6) is 0 Å². The molecule has 0 aliphatic carbocycles. The van der Waals surface area contributed by atoms with E-state index in [-0.39, 0.29) is 12.2 Å². The fraction of sp³-hybridized carbons (Fsp3) is 0.143. The van der Waals surface area contributed by atoms with Gasteiger partial charge in [-0.1, -0.05) is 60.7 Å². The summed E-state index contributed by atoms with van der Waals surface area (Å²) >= 11 is 0. The van der Waals surface area contributed by atoms with Crippen molar-refractivity contribution in [3.8, 4) is 11.1 Å². The first-order valence-corrected chi connectivity index (χ1v) is 8.29. The van der Waals surface area contributed by atoms with Gasteiger partial charge in [0.1, 0.15) is 6.10 Å². The van der Waals surface area contributed by atoms with E-state index in [0.29, 0.717) is 13.1 Å². The summed E-state index contributed by atoms with van der Waals surface area (Å²) in [6.07, 6.45) is 3.16. The molecular weight excluding hydrogens is 312 g/mol. The van der Waals surface area contributed by atoms with Crippen molar-refractivity contribution >= 4 is 6.09 Å². The lowest BCUT2D eigenvalue weighted by Gasteiger charge is -2.13. The van der Waals surface area contributed by atoms with Crippen molar-refractivity contribution in [2.24, 2.45) is 0 Å². The predicted molar refractivity (Wildman–Crippen MR) is 95.7 cm³/mol. The van der Waals surface area contributed by atoms with Crippen LogP contribution in [0.25, 0.3) is 11.1 Å². The minimum atomic E-state index is -0.259. The van der Waals surface area contributed by atoms with E-state index in [2.05, 4.69) is 17.1 Å².